The van der Waals surface area contributed by atoms with Crippen LogP contribution in [0.5, 0.6) is 0 Å². The molecule has 1 atom stereocenters. The minimum atomic E-state index is -0.413. The molecule has 0 aliphatic heterocycles. The predicted octanol–water partition coefficient (Wildman–Crippen LogP) is 11.1. The van der Waals surface area contributed by atoms with Crippen LogP contribution in [0.2, 0.25) is 0 Å². The Morgan fingerprint density at radius 2 is 0.830 bits per heavy atom. The summed E-state index contributed by atoms with van der Waals surface area (Å²) < 4.78 is 12.0. The lowest BCUT2D eigenvalue weighted by Gasteiger charge is -2.28. The van der Waals surface area contributed by atoms with Crippen molar-refractivity contribution in [3.8, 4) is 23.7 Å². The van der Waals surface area contributed by atoms with Gasteiger partial charge in [-0.2, -0.15) is 0 Å². The Morgan fingerprint density at radius 1 is 0.489 bits per heavy atom. The van der Waals surface area contributed by atoms with Crippen LogP contribution < -0.4 is 0 Å². The van der Waals surface area contributed by atoms with E-state index in [0.29, 0.717) is 23.9 Å². The van der Waals surface area contributed by atoms with E-state index in [9.17, 15) is 9.59 Å². The number of carbonyl (C=O) groups excluding carboxylic acids is 2. The molecule has 0 fully saturated rings. The van der Waals surface area contributed by atoms with Crippen LogP contribution in [0.25, 0.3) is 0 Å². The summed E-state index contributed by atoms with van der Waals surface area (Å²) in [6.45, 7) is 5.26. The predicted molar refractivity (Wildman–Crippen MR) is 200 cm³/mol. The maximum atomic E-state index is 12.6. The fraction of sp³-hybridized carbons (Fsp3) is 0.857. The van der Waals surface area contributed by atoms with E-state index in [4.69, 9.17) is 9.47 Å². The molecular weight excluding hydrogens is 582 g/mol. The summed E-state index contributed by atoms with van der Waals surface area (Å²) >= 11 is 0. The van der Waals surface area contributed by atoms with E-state index in [1.165, 1.54) is 77.0 Å². The van der Waals surface area contributed by atoms with Gasteiger partial charge in [0.05, 0.1) is 21.1 Å². The molecule has 0 bridgehead atoms. The summed E-state index contributed by atoms with van der Waals surface area (Å²) in [6.07, 6.45) is 30.9. The molecule has 0 aromatic heterocycles. The third kappa shape index (κ3) is 36.7. The van der Waals surface area contributed by atoms with E-state index < -0.39 is 6.10 Å². The molecule has 272 valence electrons. The Hall–Kier alpha value is -1.98. The normalized spacial score (nSPS) is 11.7. The lowest BCUT2D eigenvalue weighted by atomic mass is 10.1. The molecule has 0 aliphatic carbocycles. The van der Waals surface area contributed by atoms with Crippen LogP contribution in [-0.4, -0.2) is 56.8 Å². The first-order chi connectivity index (χ1) is 22.8. The number of rotatable bonds is 31. The van der Waals surface area contributed by atoms with E-state index in [1.54, 1.807) is 0 Å². The van der Waals surface area contributed by atoms with Crippen molar-refractivity contribution in [2.45, 2.75) is 200 Å². The van der Waals surface area contributed by atoms with Gasteiger partial charge in [0.2, 0.25) is 0 Å². The fourth-order valence-electron chi connectivity index (χ4n) is 5.60. The Kier molecular flexibility index (Phi) is 32.5. The quantitative estimate of drug-likeness (QED) is 0.0322. The van der Waals surface area contributed by atoms with Gasteiger partial charge in [-0.1, -0.05) is 117 Å². The molecule has 0 rings (SSSR count). The van der Waals surface area contributed by atoms with Crippen LogP contribution in [-0.2, 0) is 19.1 Å². The van der Waals surface area contributed by atoms with Gasteiger partial charge in [-0.3, -0.25) is 9.59 Å². The number of hydrogen-bond acceptors (Lipinski definition) is 4. The zero-order chi connectivity index (χ0) is 34.7. The maximum absolute atomic E-state index is 12.6. The molecule has 0 N–H and O–H groups in total. The molecule has 0 spiro atoms. The maximum Gasteiger partial charge on any atom is 0.306 e. The molecule has 0 aromatic rings. The molecule has 0 aliphatic rings. The van der Waals surface area contributed by atoms with Crippen molar-refractivity contribution in [2.24, 2.45) is 0 Å². The summed E-state index contributed by atoms with van der Waals surface area (Å²) in [5.41, 5.74) is 0. The molecule has 0 amide bonds. The van der Waals surface area contributed by atoms with Gasteiger partial charge in [0.15, 0.2) is 6.10 Å². The first-order valence-corrected chi connectivity index (χ1v) is 19.9. The van der Waals surface area contributed by atoms with Crippen LogP contribution in [0.4, 0.5) is 0 Å². The van der Waals surface area contributed by atoms with Gasteiger partial charge in [0, 0.05) is 38.5 Å². The average molecular weight is 659 g/mol. The topological polar surface area (TPSA) is 52.6 Å². The van der Waals surface area contributed by atoms with Crippen molar-refractivity contribution in [1.82, 2.24) is 0 Å². The summed E-state index contributed by atoms with van der Waals surface area (Å²) in [5, 5.41) is 0. The van der Waals surface area contributed by atoms with E-state index >= 15 is 0 Å². The Bertz CT molecular complexity index is 854. The zero-order valence-corrected chi connectivity index (χ0v) is 31.9. The number of nitrogens with zero attached hydrogens (tertiary/aromatic N) is 1. The van der Waals surface area contributed by atoms with Crippen molar-refractivity contribution in [3.05, 3.63) is 0 Å². The Balaban J connectivity index is 3.92. The highest BCUT2D eigenvalue weighted by Crippen LogP contribution is 2.12. The highest BCUT2D eigenvalue weighted by Gasteiger charge is 2.23. The third-order valence-corrected chi connectivity index (χ3v) is 8.41. The van der Waals surface area contributed by atoms with Crippen LogP contribution in [0, 0.1) is 23.7 Å². The number of quaternary nitrogens is 1. The van der Waals surface area contributed by atoms with Crippen molar-refractivity contribution < 1.29 is 23.5 Å². The van der Waals surface area contributed by atoms with Gasteiger partial charge in [0.25, 0.3) is 0 Å². The van der Waals surface area contributed by atoms with Crippen molar-refractivity contribution in [2.75, 3.05) is 34.3 Å². The molecule has 0 radical (unpaired) electrons. The first kappa shape index (κ1) is 45.0. The van der Waals surface area contributed by atoms with Gasteiger partial charge < -0.3 is 14.0 Å². The number of unbranched alkanes of at least 4 members (excludes halogenated alkanes) is 22. The molecule has 5 heteroatoms. The Labute approximate surface area is 292 Å². The van der Waals surface area contributed by atoms with Crippen LogP contribution in [0.1, 0.15) is 194 Å². The van der Waals surface area contributed by atoms with Crippen LogP contribution >= 0.6 is 0 Å². The fourth-order valence-corrected chi connectivity index (χ4v) is 5.60. The Morgan fingerprint density at radius 3 is 1.21 bits per heavy atom. The van der Waals surface area contributed by atoms with E-state index in [-0.39, 0.29) is 18.5 Å². The molecule has 0 saturated carbocycles. The number of ether oxygens (including phenoxy) is 2. The SMILES string of the molecule is CCCCCCCCC#CCCCCCCCC(=O)OCC(C[N+](C)(C)C)OC(=O)CCCCCCCC#CCCCCCCCC. The molecule has 1 unspecified atom stereocenters. The van der Waals surface area contributed by atoms with Crippen molar-refractivity contribution in [1.29, 1.82) is 0 Å². The summed E-state index contributed by atoms with van der Waals surface area (Å²) in [6, 6.07) is 0. The summed E-state index contributed by atoms with van der Waals surface area (Å²) in [4.78, 5) is 24.9. The van der Waals surface area contributed by atoms with Gasteiger partial charge in [-0.05, 0) is 38.5 Å². The number of esters is 2. The van der Waals surface area contributed by atoms with Crippen molar-refractivity contribution in [3.63, 3.8) is 0 Å². The number of hydrogen-bond donors (Lipinski definition) is 0. The van der Waals surface area contributed by atoms with E-state index in [0.717, 1.165) is 89.9 Å². The lowest BCUT2D eigenvalue weighted by Crippen LogP contribution is -2.45. The smallest absolute Gasteiger partial charge is 0.306 e. The molecule has 0 saturated heterocycles. The monoisotopic (exact) mass is 659 g/mol. The number of carbonyl (C=O) groups is 2. The standard InChI is InChI=1S/C42H76NO4/c1-6-8-10-12-14-16-18-20-22-24-26-28-30-32-34-36-41(44)46-39-40(38-43(3,4)5)47-42(45)37-35-33-31-29-27-25-23-21-19-17-15-13-11-9-7-2/h40H,6-19,24-39H2,1-5H3/q+1. The van der Waals surface area contributed by atoms with E-state index in [1.807, 2.05) is 0 Å². The highest BCUT2D eigenvalue weighted by atomic mass is 16.6. The molecular formula is C42H76NO4+. The van der Waals surface area contributed by atoms with Gasteiger partial charge in [0.1, 0.15) is 13.2 Å². The van der Waals surface area contributed by atoms with Gasteiger partial charge in [-0.15, -0.1) is 23.7 Å². The second-order valence-electron chi connectivity index (χ2n) is 14.5. The average Bonchev–Trinajstić information content (AvgIpc) is 3.03. The van der Waals surface area contributed by atoms with E-state index in [2.05, 4.69) is 58.7 Å². The third-order valence-electron chi connectivity index (χ3n) is 8.41. The number of likely N-dealkylation sites (N-methyl/N-ethyl adjacent to an activating group) is 1. The summed E-state index contributed by atoms with van der Waals surface area (Å²) in [7, 11) is 6.18. The molecule has 5 nitrogen and oxygen atoms in total. The summed E-state index contributed by atoms with van der Waals surface area (Å²) in [5.74, 6) is 12.9. The lowest BCUT2D eigenvalue weighted by molar-refractivity contribution is -0.873. The molecule has 0 heterocycles. The largest absolute Gasteiger partial charge is 0.461 e. The first-order valence-electron chi connectivity index (χ1n) is 19.9. The minimum Gasteiger partial charge on any atom is -0.461 e. The molecule has 0 aromatic carbocycles. The molecule has 47 heavy (non-hydrogen) atoms. The van der Waals surface area contributed by atoms with Gasteiger partial charge >= 0.3 is 11.9 Å². The van der Waals surface area contributed by atoms with Gasteiger partial charge in [-0.25, -0.2) is 0 Å². The minimum absolute atomic E-state index is 0.136. The second-order valence-corrected chi connectivity index (χ2v) is 14.5. The van der Waals surface area contributed by atoms with Crippen LogP contribution in [0.3, 0.4) is 0 Å². The zero-order valence-electron chi connectivity index (χ0n) is 31.9. The second kappa shape index (κ2) is 33.9. The van der Waals surface area contributed by atoms with Crippen LogP contribution in [0.15, 0.2) is 0 Å². The van der Waals surface area contributed by atoms with Crippen molar-refractivity contribution >= 4 is 11.9 Å². The highest BCUT2D eigenvalue weighted by molar-refractivity contribution is 5.70.